The van der Waals surface area contributed by atoms with Gasteiger partial charge in [-0.05, 0) is 0 Å². The standard InChI is InChI=1S/C5H3F4N2/c6-4-1-10-11(2-4)3-5(7,8)9/h2H,3H2. The lowest BCUT2D eigenvalue weighted by atomic mass is 10.6. The summed E-state index contributed by atoms with van der Waals surface area (Å²) in [6.45, 7) is -1.28. The second kappa shape index (κ2) is 2.52. The molecule has 0 fully saturated rings. The molecule has 0 saturated carbocycles. The Morgan fingerprint density at radius 3 is 2.55 bits per heavy atom. The van der Waals surface area contributed by atoms with E-state index >= 15 is 0 Å². The smallest absolute Gasteiger partial charge is 0.260 e. The van der Waals surface area contributed by atoms with Gasteiger partial charge < -0.3 is 0 Å². The fraction of sp³-hybridized carbons (Fsp3) is 0.400. The lowest BCUT2D eigenvalue weighted by Crippen LogP contribution is -2.17. The van der Waals surface area contributed by atoms with Crippen molar-refractivity contribution in [1.82, 2.24) is 9.78 Å². The van der Waals surface area contributed by atoms with Crippen molar-refractivity contribution in [3.05, 3.63) is 18.2 Å². The van der Waals surface area contributed by atoms with Gasteiger partial charge in [-0.15, -0.1) is 0 Å². The number of aromatic nitrogens is 2. The molecule has 6 heteroatoms. The fourth-order valence-corrected chi connectivity index (χ4v) is 0.565. The summed E-state index contributed by atoms with van der Waals surface area (Å²) in [5, 5.41) is 3.00. The van der Waals surface area contributed by atoms with Gasteiger partial charge >= 0.3 is 6.18 Å². The van der Waals surface area contributed by atoms with Gasteiger partial charge in [0.05, 0.1) is 6.20 Å². The molecule has 1 heterocycles. The summed E-state index contributed by atoms with van der Waals surface area (Å²) < 4.78 is 47.1. The molecule has 0 saturated heterocycles. The maximum Gasteiger partial charge on any atom is 0.408 e. The van der Waals surface area contributed by atoms with Crippen LogP contribution in [0.3, 0.4) is 0 Å². The normalized spacial score (nSPS) is 12.0. The minimum Gasteiger partial charge on any atom is -0.260 e. The number of hydrogen-bond acceptors (Lipinski definition) is 1. The van der Waals surface area contributed by atoms with Crippen LogP contribution in [0.1, 0.15) is 0 Å². The average Bonchev–Trinajstić information content (AvgIpc) is 2.10. The number of rotatable bonds is 1. The van der Waals surface area contributed by atoms with Gasteiger partial charge in [0.1, 0.15) is 6.54 Å². The van der Waals surface area contributed by atoms with Crippen molar-refractivity contribution in [3.63, 3.8) is 0 Å². The van der Waals surface area contributed by atoms with E-state index in [1.54, 1.807) is 6.20 Å². The van der Waals surface area contributed by atoms with Gasteiger partial charge in [-0.2, -0.15) is 18.3 Å². The van der Waals surface area contributed by atoms with Crippen LogP contribution < -0.4 is 0 Å². The summed E-state index contributed by atoms with van der Waals surface area (Å²) in [7, 11) is 0. The van der Waals surface area contributed by atoms with Crippen molar-refractivity contribution in [2.45, 2.75) is 12.7 Å². The summed E-state index contributed by atoms with van der Waals surface area (Å²) in [5.74, 6) is -0.894. The molecular formula is C5H3F4N2. The molecule has 0 aliphatic rings. The Labute approximate surface area is 59.4 Å². The minimum absolute atomic E-state index is 0.440. The molecule has 1 rings (SSSR count). The second-order valence-electron chi connectivity index (χ2n) is 1.90. The highest BCUT2D eigenvalue weighted by Crippen LogP contribution is 2.16. The largest absolute Gasteiger partial charge is 0.408 e. The highest BCUT2D eigenvalue weighted by Gasteiger charge is 2.28. The summed E-state index contributed by atoms with van der Waals surface area (Å²) in [4.78, 5) is 0. The molecule has 0 bridgehead atoms. The molecule has 0 unspecified atom stereocenters. The molecule has 0 atom stereocenters. The van der Waals surface area contributed by atoms with Gasteiger partial charge in [0.2, 0.25) is 0 Å². The van der Waals surface area contributed by atoms with E-state index in [9.17, 15) is 17.6 Å². The number of halogens is 4. The molecule has 1 aromatic heterocycles. The van der Waals surface area contributed by atoms with Crippen molar-refractivity contribution in [1.29, 1.82) is 0 Å². The van der Waals surface area contributed by atoms with Crippen LogP contribution >= 0.6 is 0 Å². The van der Waals surface area contributed by atoms with E-state index in [0.717, 1.165) is 0 Å². The van der Waals surface area contributed by atoms with Gasteiger partial charge in [0, 0.05) is 0 Å². The predicted molar refractivity (Wildman–Crippen MR) is 27.1 cm³/mol. The molecule has 0 N–H and O–H groups in total. The first-order valence-corrected chi connectivity index (χ1v) is 2.65. The lowest BCUT2D eigenvalue weighted by molar-refractivity contribution is -0.142. The molecule has 61 valence electrons. The molecule has 0 aromatic carbocycles. The molecule has 1 radical (unpaired) electrons. The highest BCUT2D eigenvalue weighted by molar-refractivity contribution is 4.81. The maximum atomic E-state index is 12.0. The first-order chi connectivity index (χ1) is 4.97. The molecule has 1 aromatic rings. The topological polar surface area (TPSA) is 17.8 Å². The molecule has 11 heavy (non-hydrogen) atoms. The van der Waals surface area contributed by atoms with Crippen molar-refractivity contribution < 1.29 is 17.6 Å². The molecule has 0 spiro atoms. The molecular weight excluding hydrogens is 164 g/mol. The SMILES string of the molecule is Fc1[c]nn(CC(F)(F)F)c1. The Bertz CT molecular complexity index is 239. The first-order valence-electron chi connectivity index (χ1n) is 2.65. The van der Waals surface area contributed by atoms with Crippen molar-refractivity contribution in [3.8, 4) is 0 Å². The maximum absolute atomic E-state index is 12.0. The Hall–Kier alpha value is -1.07. The summed E-state index contributed by atoms with van der Waals surface area (Å²) in [5.41, 5.74) is 0. The van der Waals surface area contributed by atoms with E-state index in [1.807, 2.05) is 0 Å². The predicted octanol–water partition coefficient (Wildman–Crippen LogP) is 1.38. The molecule has 0 aliphatic heterocycles. The van der Waals surface area contributed by atoms with Crippen molar-refractivity contribution in [2.24, 2.45) is 0 Å². The summed E-state index contributed by atoms with van der Waals surface area (Å²) >= 11 is 0. The lowest BCUT2D eigenvalue weighted by Gasteiger charge is -2.04. The van der Waals surface area contributed by atoms with Crippen LogP contribution in [0, 0.1) is 12.0 Å². The van der Waals surface area contributed by atoms with E-state index < -0.39 is 18.5 Å². The van der Waals surface area contributed by atoms with Crippen LogP contribution in [0.25, 0.3) is 0 Å². The van der Waals surface area contributed by atoms with Crippen LogP contribution in [0.15, 0.2) is 6.20 Å². The van der Waals surface area contributed by atoms with Gasteiger partial charge in [-0.1, -0.05) is 0 Å². The Morgan fingerprint density at radius 2 is 2.18 bits per heavy atom. The summed E-state index contributed by atoms with van der Waals surface area (Å²) in [6, 6.07) is 0. The quantitative estimate of drug-likeness (QED) is 0.578. The van der Waals surface area contributed by atoms with Gasteiger partial charge in [0.15, 0.2) is 12.0 Å². The van der Waals surface area contributed by atoms with Crippen molar-refractivity contribution >= 4 is 0 Å². The molecule has 0 aliphatic carbocycles. The van der Waals surface area contributed by atoms with E-state index in [2.05, 4.69) is 5.10 Å². The Balaban J connectivity index is 2.65. The third-order valence-corrected chi connectivity index (χ3v) is 0.889. The minimum atomic E-state index is -4.37. The zero-order chi connectivity index (χ0) is 8.48. The van der Waals surface area contributed by atoms with E-state index in [0.29, 0.717) is 10.9 Å². The van der Waals surface area contributed by atoms with Crippen LogP contribution in [0.2, 0.25) is 0 Å². The Morgan fingerprint density at radius 1 is 1.55 bits per heavy atom. The highest BCUT2D eigenvalue weighted by atomic mass is 19.4. The number of alkyl halides is 3. The monoisotopic (exact) mass is 167 g/mol. The van der Waals surface area contributed by atoms with E-state index in [1.165, 1.54) is 0 Å². The molecule has 0 amide bonds. The van der Waals surface area contributed by atoms with Crippen LogP contribution in [-0.2, 0) is 6.54 Å². The first kappa shape index (κ1) is 8.03. The van der Waals surface area contributed by atoms with Crippen LogP contribution in [0.4, 0.5) is 17.6 Å². The average molecular weight is 167 g/mol. The second-order valence-corrected chi connectivity index (χ2v) is 1.90. The van der Waals surface area contributed by atoms with Gasteiger partial charge in [-0.25, -0.2) is 4.39 Å². The van der Waals surface area contributed by atoms with Crippen molar-refractivity contribution in [2.75, 3.05) is 0 Å². The van der Waals surface area contributed by atoms with Crippen LogP contribution in [-0.4, -0.2) is 16.0 Å². The number of nitrogens with zero attached hydrogens (tertiary/aromatic N) is 2. The van der Waals surface area contributed by atoms with Crippen LogP contribution in [0.5, 0.6) is 0 Å². The number of hydrogen-bond donors (Lipinski definition) is 0. The zero-order valence-electron chi connectivity index (χ0n) is 5.19. The third-order valence-electron chi connectivity index (χ3n) is 0.889. The fourth-order valence-electron chi connectivity index (χ4n) is 0.565. The molecule has 2 nitrogen and oxygen atoms in total. The zero-order valence-corrected chi connectivity index (χ0v) is 5.19. The van der Waals surface area contributed by atoms with E-state index in [-0.39, 0.29) is 0 Å². The van der Waals surface area contributed by atoms with Gasteiger partial charge in [-0.3, -0.25) is 4.68 Å². The van der Waals surface area contributed by atoms with Gasteiger partial charge in [0.25, 0.3) is 0 Å². The summed E-state index contributed by atoms with van der Waals surface area (Å²) in [6.07, 6.45) is -2.00. The Kier molecular flexibility index (Phi) is 1.84. The van der Waals surface area contributed by atoms with E-state index in [4.69, 9.17) is 0 Å². The third kappa shape index (κ3) is 2.57.